The standard InChI is InChI=1S/C18H24O2/c1-14(7-6-8-15(2)16(3)20)11-12-17-9-4-5-10-18(17)13-19/h4-5,8-11,13,16,20H,6-7,12H2,1-3H3/b14-11+,15-8+. The first-order valence-electron chi connectivity index (χ1n) is 7.08. The molecule has 0 radical (unpaired) electrons. The van der Waals surface area contributed by atoms with Gasteiger partial charge in [0.25, 0.3) is 0 Å². The molecule has 2 nitrogen and oxygen atoms in total. The van der Waals surface area contributed by atoms with Gasteiger partial charge in [-0.05, 0) is 51.2 Å². The van der Waals surface area contributed by atoms with Gasteiger partial charge in [-0.3, -0.25) is 4.79 Å². The van der Waals surface area contributed by atoms with Crippen molar-refractivity contribution in [1.82, 2.24) is 0 Å². The summed E-state index contributed by atoms with van der Waals surface area (Å²) in [5.74, 6) is 0. The van der Waals surface area contributed by atoms with Gasteiger partial charge < -0.3 is 5.11 Å². The van der Waals surface area contributed by atoms with E-state index in [-0.39, 0.29) is 6.10 Å². The minimum absolute atomic E-state index is 0.362. The van der Waals surface area contributed by atoms with Gasteiger partial charge in [-0.2, -0.15) is 0 Å². The molecule has 0 saturated heterocycles. The number of carbonyl (C=O) groups is 1. The average molecular weight is 272 g/mol. The van der Waals surface area contributed by atoms with Crippen LogP contribution in [0.1, 0.15) is 49.5 Å². The molecule has 1 rings (SSSR count). The van der Waals surface area contributed by atoms with E-state index >= 15 is 0 Å². The Balaban J connectivity index is 2.54. The van der Waals surface area contributed by atoms with E-state index < -0.39 is 0 Å². The van der Waals surface area contributed by atoms with Crippen molar-refractivity contribution >= 4 is 6.29 Å². The molecular formula is C18H24O2. The van der Waals surface area contributed by atoms with Crippen molar-refractivity contribution in [3.8, 4) is 0 Å². The summed E-state index contributed by atoms with van der Waals surface area (Å²) in [7, 11) is 0. The van der Waals surface area contributed by atoms with Gasteiger partial charge in [0, 0.05) is 5.56 Å². The van der Waals surface area contributed by atoms with Crippen molar-refractivity contribution in [1.29, 1.82) is 0 Å². The highest BCUT2D eigenvalue weighted by Gasteiger charge is 1.99. The number of aliphatic hydroxyl groups is 1. The summed E-state index contributed by atoms with van der Waals surface area (Å²) >= 11 is 0. The molecule has 0 bridgehead atoms. The minimum atomic E-state index is -0.362. The topological polar surface area (TPSA) is 37.3 Å². The summed E-state index contributed by atoms with van der Waals surface area (Å²) in [6.45, 7) is 5.84. The lowest BCUT2D eigenvalue weighted by molar-refractivity contribution is 0.112. The number of rotatable bonds is 7. The fourth-order valence-electron chi connectivity index (χ4n) is 1.92. The second-order valence-corrected chi connectivity index (χ2v) is 5.23. The molecule has 1 aromatic rings. The maximum atomic E-state index is 10.9. The van der Waals surface area contributed by atoms with Crippen molar-refractivity contribution in [2.75, 3.05) is 0 Å². The van der Waals surface area contributed by atoms with Gasteiger partial charge in [-0.15, -0.1) is 0 Å². The summed E-state index contributed by atoms with van der Waals surface area (Å²) in [5.41, 5.74) is 4.16. The molecule has 20 heavy (non-hydrogen) atoms. The number of allylic oxidation sites excluding steroid dienone is 3. The van der Waals surface area contributed by atoms with Crippen molar-refractivity contribution in [3.05, 3.63) is 58.7 Å². The molecule has 0 heterocycles. The summed E-state index contributed by atoms with van der Waals surface area (Å²) in [5, 5.41) is 9.38. The third-order valence-corrected chi connectivity index (χ3v) is 3.52. The monoisotopic (exact) mass is 272 g/mol. The molecule has 0 aliphatic heterocycles. The van der Waals surface area contributed by atoms with Crippen LogP contribution >= 0.6 is 0 Å². The first-order chi connectivity index (χ1) is 9.54. The highest BCUT2D eigenvalue weighted by atomic mass is 16.3. The molecular weight excluding hydrogens is 248 g/mol. The van der Waals surface area contributed by atoms with Crippen LogP contribution in [0, 0.1) is 0 Å². The first-order valence-corrected chi connectivity index (χ1v) is 7.08. The lowest BCUT2D eigenvalue weighted by Crippen LogP contribution is -2.00. The van der Waals surface area contributed by atoms with Crippen LogP contribution in [0.2, 0.25) is 0 Å². The molecule has 0 spiro atoms. The third kappa shape index (κ3) is 5.54. The second-order valence-electron chi connectivity index (χ2n) is 5.23. The number of carbonyl (C=O) groups excluding carboxylic acids is 1. The molecule has 1 unspecified atom stereocenters. The number of aldehydes is 1. The highest BCUT2D eigenvalue weighted by molar-refractivity contribution is 5.77. The highest BCUT2D eigenvalue weighted by Crippen LogP contribution is 2.12. The van der Waals surface area contributed by atoms with Gasteiger partial charge in [0.15, 0.2) is 0 Å². The quantitative estimate of drug-likeness (QED) is 0.599. The summed E-state index contributed by atoms with van der Waals surface area (Å²) < 4.78 is 0. The van der Waals surface area contributed by atoms with E-state index in [9.17, 15) is 9.90 Å². The molecule has 108 valence electrons. The fourth-order valence-corrected chi connectivity index (χ4v) is 1.92. The van der Waals surface area contributed by atoms with E-state index in [1.165, 1.54) is 5.57 Å². The van der Waals surface area contributed by atoms with Gasteiger partial charge >= 0.3 is 0 Å². The lowest BCUT2D eigenvalue weighted by Gasteiger charge is -2.05. The number of hydrogen-bond donors (Lipinski definition) is 1. The van der Waals surface area contributed by atoms with Crippen LogP contribution in [0.15, 0.2) is 47.6 Å². The van der Waals surface area contributed by atoms with Gasteiger partial charge in [-0.25, -0.2) is 0 Å². The van der Waals surface area contributed by atoms with Crippen LogP contribution in [0.5, 0.6) is 0 Å². The molecule has 0 fully saturated rings. The van der Waals surface area contributed by atoms with Crippen LogP contribution in [-0.2, 0) is 6.42 Å². The van der Waals surface area contributed by atoms with Gasteiger partial charge in [0.2, 0.25) is 0 Å². The zero-order valence-corrected chi connectivity index (χ0v) is 12.6. The minimum Gasteiger partial charge on any atom is -0.389 e. The Kier molecular flexibility index (Phi) is 6.96. The molecule has 0 aliphatic rings. The van der Waals surface area contributed by atoms with Crippen LogP contribution in [0.25, 0.3) is 0 Å². The predicted octanol–water partition coefficient (Wildman–Crippen LogP) is 4.10. The smallest absolute Gasteiger partial charge is 0.150 e. The molecule has 0 amide bonds. The Hall–Kier alpha value is -1.67. The van der Waals surface area contributed by atoms with Crippen LogP contribution < -0.4 is 0 Å². The Morgan fingerprint density at radius 3 is 2.60 bits per heavy atom. The lowest BCUT2D eigenvalue weighted by atomic mass is 10.0. The van der Waals surface area contributed by atoms with Crippen LogP contribution in [-0.4, -0.2) is 17.5 Å². The summed E-state index contributed by atoms with van der Waals surface area (Å²) in [4.78, 5) is 10.9. The molecule has 1 aromatic carbocycles. The molecule has 0 aliphatic carbocycles. The van der Waals surface area contributed by atoms with Gasteiger partial charge in [-0.1, -0.05) is 42.0 Å². The van der Waals surface area contributed by atoms with E-state index in [1.54, 1.807) is 6.92 Å². The number of aliphatic hydroxyl groups excluding tert-OH is 1. The first kappa shape index (κ1) is 16.4. The SMILES string of the molecule is C/C(=C\Cc1ccccc1C=O)CC/C=C(\C)C(C)O. The van der Waals surface area contributed by atoms with Crippen LogP contribution in [0.4, 0.5) is 0 Å². The largest absolute Gasteiger partial charge is 0.389 e. The summed E-state index contributed by atoms with van der Waals surface area (Å²) in [6.07, 6.45) is 7.52. The normalized spacial score (nSPS) is 14.2. The zero-order chi connectivity index (χ0) is 15.0. The molecule has 0 aromatic heterocycles. The Morgan fingerprint density at radius 2 is 1.95 bits per heavy atom. The number of hydrogen-bond acceptors (Lipinski definition) is 2. The number of benzene rings is 1. The fraction of sp³-hybridized carbons (Fsp3) is 0.389. The Bertz CT molecular complexity index is 496. The average Bonchev–Trinajstić information content (AvgIpc) is 2.45. The third-order valence-electron chi connectivity index (χ3n) is 3.52. The molecule has 0 saturated carbocycles. The Labute approximate surface area is 121 Å². The van der Waals surface area contributed by atoms with E-state index in [2.05, 4.69) is 19.1 Å². The van der Waals surface area contributed by atoms with E-state index in [4.69, 9.17) is 0 Å². The predicted molar refractivity (Wildman–Crippen MR) is 84.0 cm³/mol. The maximum Gasteiger partial charge on any atom is 0.150 e. The van der Waals surface area contributed by atoms with E-state index in [0.29, 0.717) is 0 Å². The van der Waals surface area contributed by atoms with Crippen molar-refractivity contribution in [3.63, 3.8) is 0 Å². The molecule has 1 atom stereocenters. The molecule has 1 N–H and O–H groups in total. The van der Waals surface area contributed by atoms with E-state index in [1.807, 2.05) is 31.2 Å². The van der Waals surface area contributed by atoms with Crippen molar-refractivity contribution in [2.24, 2.45) is 0 Å². The van der Waals surface area contributed by atoms with Crippen molar-refractivity contribution in [2.45, 2.75) is 46.1 Å². The van der Waals surface area contributed by atoms with Crippen LogP contribution in [0.3, 0.4) is 0 Å². The summed E-state index contributed by atoms with van der Waals surface area (Å²) in [6, 6.07) is 7.68. The van der Waals surface area contributed by atoms with Gasteiger partial charge in [0.05, 0.1) is 6.10 Å². The second kappa shape index (κ2) is 8.49. The zero-order valence-electron chi connectivity index (χ0n) is 12.6. The van der Waals surface area contributed by atoms with Gasteiger partial charge in [0.1, 0.15) is 6.29 Å². The molecule has 2 heteroatoms. The van der Waals surface area contributed by atoms with E-state index in [0.717, 1.165) is 42.2 Å². The maximum absolute atomic E-state index is 10.9. The Morgan fingerprint density at radius 1 is 1.25 bits per heavy atom. The van der Waals surface area contributed by atoms with Crippen molar-refractivity contribution < 1.29 is 9.90 Å².